The Bertz CT molecular complexity index is 1260. The highest BCUT2D eigenvalue weighted by Gasteiger charge is 2.29. The number of nitrogens with zero attached hydrogens (tertiary/aromatic N) is 4. The molecular weight excluding hydrogens is 443 g/mol. The van der Waals surface area contributed by atoms with Gasteiger partial charge in [0.05, 0.1) is 23.7 Å². The van der Waals surface area contributed by atoms with Crippen LogP contribution in [0.25, 0.3) is 32.8 Å². The smallest absolute Gasteiger partial charge is 0.334 e. The quantitative estimate of drug-likeness (QED) is 0.471. The van der Waals surface area contributed by atoms with Crippen LogP contribution < -0.4 is 4.90 Å². The maximum Gasteiger partial charge on any atom is 0.334 e. The van der Waals surface area contributed by atoms with Crippen molar-refractivity contribution in [3.63, 3.8) is 0 Å². The van der Waals surface area contributed by atoms with E-state index >= 15 is 0 Å². The standard InChI is InChI=1S/C24H19FN4O3S/c25-19-7-5-16(6-8-19)15-1-3-17(4-2-15)21-22(18-11-26-14-27-12-18)33-24(28-21)29-9-10-32-20(13-29)23(30)31/h1-8,11-12,14,20H,9-10,13H2,(H,30,31). The van der Waals surface area contributed by atoms with Gasteiger partial charge >= 0.3 is 5.97 Å². The first-order chi connectivity index (χ1) is 16.1. The van der Waals surface area contributed by atoms with E-state index in [0.717, 1.165) is 38.0 Å². The van der Waals surface area contributed by atoms with Gasteiger partial charge in [-0.25, -0.2) is 24.1 Å². The van der Waals surface area contributed by atoms with Gasteiger partial charge in [0.2, 0.25) is 0 Å². The number of aliphatic carboxylic acids is 1. The molecule has 2 aromatic carbocycles. The van der Waals surface area contributed by atoms with Gasteiger partial charge in [0.1, 0.15) is 12.1 Å². The molecule has 0 aliphatic carbocycles. The molecule has 33 heavy (non-hydrogen) atoms. The first kappa shape index (κ1) is 21.2. The Morgan fingerprint density at radius 3 is 2.30 bits per heavy atom. The summed E-state index contributed by atoms with van der Waals surface area (Å²) in [5.41, 5.74) is 4.41. The molecule has 1 unspecified atom stereocenters. The summed E-state index contributed by atoms with van der Waals surface area (Å²) in [6, 6.07) is 14.3. The van der Waals surface area contributed by atoms with Crippen LogP contribution in [0.1, 0.15) is 0 Å². The maximum absolute atomic E-state index is 13.3. The van der Waals surface area contributed by atoms with Crippen LogP contribution in [0.15, 0.2) is 67.3 Å². The van der Waals surface area contributed by atoms with E-state index in [-0.39, 0.29) is 12.4 Å². The molecule has 3 heterocycles. The Kier molecular flexibility index (Phi) is 5.80. The van der Waals surface area contributed by atoms with Gasteiger partial charge in [-0.3, -0.25) is 0 Å². The van der Waals surface area contributed by atoms with Gasteiger partial charge in [0.15, 0.2) is 11.2 Å². The molecule has 0 bridgehead atoms. The molecule has 0 amide bonds. The van der Waals surface area contributed by atoms with Crippen LogP contribution in [0.2, 0.25) is 0 Å². The first-order valence-corrected chi connectivity index (χ1v) is 11.1. The number of aromatic nitrogens is 3. The third kappa shape index (κ3) is 4.46. The molecule has 1 saturated heterocycles. The van der Waals surface area contributed by atoms with Gasteiger partial charge < -0.3 is 14.7 Å². The largest absolute Gasteiger partial charge is 0.479 e. The second kappa shape index (κ2) is 9.05. The SMILES string of the molecule is O=C(O)C1CN(c2nc(-c3ccc(-c4ccc(F)cc4)cc3)c(-c3cncnc3)s2)CCO1. The van der Waals surface area contributed by atoms with Crippen molar-refractivity contribution in [2.24, 2.45) is 0 Å². The third-order valence-electron chi connectivity index (χ3n) is 5.39. The Balaban J connectivity index is 1.52. The first-order valence-electron chi connectivity index (χ1n) is 10.3. The van der Waals surface area contributed by atoms with E-state index in [1.54, 1.807) is 24.5 Å². The highest BCUT2D eigenvalue weighted by Crippen LogP contribution is 2.40. The van der Waals surface area contributed by atoms with Gasteiger partial charge in [-0.2, -0.15) is 0 Å². The molecule has 5 rings (SSSR count). The number of hydrogen-bond acceptors (Lipinski definition) is 7. The lowest BCUT2D eigenvalue weighted by Gasteiger charge is -2.30. The van der Waals surface area contributed by atoms with Crippen molar-refractivity contribution < 1.29 is 19.0 Å². The zero-order chi connectivity index (χ0) is 22.8. The van der Waals surface area contributed by atoms with Gasteiger partial charge in [-0.05, 0) is 23.3 Å². The number of rotatable bonds is 5. The lowest BCUT2D eigenvalue weighted by Crippen LogP contribution is -2.46. The molecule has 166 valence electrons. The molecule has 2 aromatic heterocycles. The van der Waals surface area contributed by atoms with Crippen LogP contribution in [0.4, 0.5) is 9.52 Å². The molecule has 0 radical (unpaired) electrons. The number of carboxylic acid groups (broad SMARTS) is 1. The number of carboxylic acids is 1. The van der Waals surface area contributed by atoms with Gasteiger partial charge in [0, 0.05) is 30.1 Å². The molecule has 1 fully saturated rings. The fourth-order valence-electron chi connectivity index (χ4n) is 3.69. The highest BCUT2D eigenvalue weighted by molar-refractivity contribution is 7.19. The van der Waals surface area contributed by atoms with E-state index in [1.165, 1.54) is 29.8 Å². The van der Waals surface area contributed by atoms with E-state index in [4.69, 9.17) is 9.72 Å². The predicted octanol–water partition coefficient (Wildman–Crippen LogP) is 4.36. The molecule has 1 aliphatic heterocycles. The topological polar surface area (TPSA) is 88.4 Å². The van der Waals surface area contributed by atoms with Crippen molar-refractivity contribution in [2.45, 2.75) is 6.10 Å². The number of carbonyl (C=O) groups is 1. The minimum absolute atomic E-state index is 0.233. The molecule has 4 aromatic rings. The van der Waals surface area contributed by atoms with Gasteiger partial charge in [-0.15, -0.1) is 0 Å². The molecule has 1 aliphatic rings. The molecule has 1 N–H and O–H groups in total. The van der Waals surface area contributed by atoms with Crippen LogP contribution in [0, 0.1) is 5.82 Å². The minimum atomic E-state index is -0.982. The van der Waals surface area contributed by atoms with Crippen LogP contribution in [0.5, 0.6) is 0 Å². The summed E-state index contributed by atoms with van der Waals surface area (Å²) in [5, 5.41) is 10.1. The number of halogens is 1. The van der Waals surface area contributed by atoms with Crippen molar-refractivity contribution in [2.75, 3.05) is 24.6 Å². The summed E-state index contributed by atoms with van der Waals surface area (Å²) in [4.78, 5) is 27.4. The summed E-state index contributed by atoms with van der Waals surface area (Å²) >= 11 is 1.47. The number of morpholine rings is 1. The predicted molar refractivity (Wildman–Crippen MR) is 124 cm³/mol. The van der Waals surface area contributed by atoms with Crippen molar-refractivity contribution >= 4 is 22.4 Å². The maximum atomic E-state index is 13.3. The van der Waals surface area contributed by atoms with Crippen molar-refractivity contribution in [1.82, 2.24) is 15.0 Å². The number of ether oxygens (including phenoxy) is 1. The van der Waals surface area contributed by atoms with Crippen LogP contribution in [-0.4, -0.2) is 51.8 Å². The normalized spacial score (nSPS) is 16.0. The number of benzene rings is 2. The molecule has 9 heteroatoms. The summed E-state index contributed by atoms with van der Waals surface area (Å²) in [7, 11) is 0. The minimum Gasteiger partial charge on any atom is -0.479 e. The van der Waals surface area contributed by atoms with E-state index in [9.17, 15) is 14.3 Å². The van der Waals surface area contributed by atoms with Crippen LogP contribution in [-0.2, 0) is 9.53 Å². The second-order valence-electron chi connectivity index (χ2n) is 7.53. The van der Waals surface area contributed by atoms with E-state index in [2.05, 4.69) is 9.97 Å². The Morgan fingerprint density at radius 2 is 1.64 bits per heavy atom. The second-order valence-corrected chi connectivity index (χ2v) is 8.51. The fraction of sp³-hybridized carbons (Fsp3) is 0.167. The molecular formula is C24H19FN4O3S. The van der Waals surface area contributed by atoms with Crippen molar-refractivity contribution in [3.05, 3.63) is 73.1 Å². The highest BCUT2D eigenvalue weighted by atomic mass is 32.1. The summed E-state index contributed by atoms with van der Waals surface area (Å²) in [6.45, 7) is 1.11. The van der Waals surface area contributed by atoms with E-state index < -0.39 is 12.1 Å². The average molecular weight is 463 g/mol. The van der Waals surface area contributed by atoms with E-state index in [0.29, 0.717) is 13.2 Å². The van der Waals surface area contributed by atoms with Crippen molar-refractivity contribution in [3.8, 4) is 32.8 Å². The monoisotopic (exact) mass is 462 g/mol. The molecule has 0 saturated carbocycles. The number of hydrogen-bond donors (Lipinski definition) is 1. The van der Waals surface area contributed by atoms with Gasteiger partial charge in [0.25, 0.3) is 0 Å². The Hall–Kier alpha value is -3.69. The lowest BCUT2D eigenvalue weighted by molar-refractivity contribution is -0.150. The summed E-state index contributed by atoms with van der Waals surface area (Å²) < 4.78 is 18.6. The van der Waals surface area contributed by atoms with Crippen molar-refractivity contribution in [1.29, 1.82) is 0 Å². The third-order valence-corrected chi connectivity index (χ3v) is 6.55. The summed E-state index contributed by atoms with van der Waals surface area (Å²) in [5.74, 6) is -1.25. The van der Waals surface area contributed by atoms with E-state index in [1.807, 2.05) is 29.2 Å². The molecule has 0 spiro atoms. The fourth-order valence-corrected chi connectivity index (χ4v) is 4.78. The average Bonchev–Trinajstić information content (AvgIpc) is 3.31. The number of anilines is 1. The Morgan fingerprint density at radius 1 is 1.00 bits per heavy atom. The summed E-state index contributed by atoms with van der Waals surface area (Å²) in [6.07, 6.45) is 4.06. The lowest BCUT2D eigenvalue weighted by atomic mass is 10.0. The molecule has 7 nitrogen and oxygen atoms in total. The number of thiazole rings is 1. The molecule has 1 atom stereocenters. The van der Waals surface area contributed by atoms with Crippen LogP contribution >= 0.6 is 11.3 Å². The zero-order valence-corrected chi connectivity index (χ0v) is 18.2. The van der Waals surface area contributed by atoms with Gasteiger partial charge in [-0.1, -0.05) is 47.7 Å². The zero-order valence-electron chi connectivity index (χ0n) is 17.4. The van der Waals surface area contributed by atoms with Crippen LogP contribution in [0.3, 0.4) is 0 Å². The Labute approximate surface area is 193 Å².